The van der Waals surface area contributed by atoms with Crippen LogP contribution in [0.1, 0.15) is 0 Å². The van der Waals surface area contributed by atoms with E-state index >= 15 is 0 Å². The van der Waals surface area contributed by atoms with Crippen LogP contribution >= 0.6 is 0 Å². The van der Waals surface area contributed by atoms with E-state index in [2.05, 4.69) is 185 Å². The first-order chi connectivity index (χ1) is 27.8. The first-order valence-electron chi connectivity index (χ1n) is 18.9. The molecule has 0 unspecified atom stereocenters. The maximum Gasteiger partial charge on any atom is 0.238 e. The number of aromatic nitrogens is 5. The predicted molar refractivity (Wildman–Crippen MR) is 230 cm³/mol. The van der Waals surface area contributed by atoms with Crippen molar-refractivity contribution in [1.82, 2.24) is 24.1 Å². The Balaban J connectivity index is 1.18. The molecule has 0 N–H and O–H groups in total. The van der Waals surface area contributed by atoms with E-state index in [1.165, 1.54) is 27.5 Å². The van der Waals surface area contributed by atoms with Crippen LogP contribution in [0.15, 0.2) is 200 Å². The Morgan fingerprint density at radius 2 is 0.804 bits per heavy atom. The van der Waals surface area contributed by atoms with Crippen molar-refractivity contribution >= 4 is 43.6 Å². The van der Waals surface area contributed by atoms with E-state index in [4.69, 9.17) is 15.0 Å². The smallest absolute Gasteiger partial charge is 0.238 e. The van der Waals surface area contributed by atoms with Gasteiger partial charge in [-0.25, -0.2) is 4.98 Å². The Morgan fingerprint density at radius 3 is 1.48 bits per heavy atom. The van der Waals surface area contributed by atoms with Crippen LogP contribution in [-0.4, -0.2) is 24.1 Å². The minimum atomic E-state index is 0.570. The summed E-state index contributed by atoms with van der Waals surface area (Å²) in [4.78, 5) is 15.5. The van der Waals surface area contributed by atoms with Gasteiger partial charge in [-0.2, -0.15) is 9.97 Å². The third-order valence-corrected chi connectivity index (χ3v) is 10.8. The molecule has 0 atom stereocenters. The quantitative estimate of drug-likeness (QED) is 0.172. The fraction of sp³-hybridized carbons (Fsp3) is 0. The molecular formula is C51H33N5. The van der Waals surface area contributed by atoms with Crippen LogP contribution in [0.4, 0.5) is 0 Å². The van der Waals surface area contributed by atoms with Crippen LogP contribution in [0.5, 0.6) is 0 Å². The molecule has 0 amide bonds. The van der Waals surface area contributed by atoms with Crippen molar-refractivity contribution in [2.75, 3.05) is 0 Å². The van der Waals surface area contributed by atoms with Crippen molar-refractivity contribution in [2.24, 2.45) is 0 Å². The van der Waals surface area contributed by atoms with E-state index < -0.39 is 0 Å². The topological polar surface area (TPSA) is 48.5 Å². The van der Waals surface area contributed by atoms with Gasteiger partial charge in [0.05, 0.1) is 22.1 Å². The lowest BCUT2D eigenvalue weighted by atomic mass is 10.0. The summed E-state index contributed by atoms with van der Waals surface area (Å²) in [7, 11) is 0. The second kappa shape index (κ2) is 13.0. The van der Waals surface area contributed by atoms with Gasteiger partial charge in [0.25, 0.3) is 0 Å². The summed E-state index contributed by atoms with van der Waals surface area (Å²) < 4.78 is 4.64. The van der Waals surface area contributed by atoms with E-state index in [0.717, 1.165) is 55.2 Å². The highest BCUT2D eigenvalue weighted by Crippen LogP contribution is 2.42. The highest BCUT2D eigenvalue weighted by molar-refractivity contribution is 6.26. The highest BCUT2D eigenvalue weighted by Gasteiger charge is 2.23. The van der Waals surface area contributed by atoms with Gasteiger partial charge in [0.1, 0.15) is 0 Å². The van der Waals surface area contributed by atoms with Gasteiger partial charge in [0, 0.05) is 38.4 Å². The summed E-state index contributed by atoms with van der Waals surface area (Å²) in [6, 6.07) is 70.3. The summed E-state index contributed by atoms with van der Waals surface area (Å²) in [6.45, 7) is 0. The molecule has 0 spiro atoms. The molecule has 3 heterocycles. The number of hydrogen-bond donors (Lipinski definition) is 0. The molecule has 5 heteroatoms. The van der Waals surface area contributed by atoms with E-state index in [1.807, 2.05) is 24.3 Å². The molecule has 56 heavy (non-hydrogen) atoms. The molecule has 262 valence electrons. The fourth-order valence-electron chi connectivity index (χ4n) is 8.20. The molecule has 0 radical (unpaired) electrons. The molecule has 11 rings (SSSR count). The molecular weight excluding hydrogens is 683 g/mol. The molecule has 5 nitrogen and oxygen atoms in total. The third kappa shape index (κ3) is 5.21. The minimum absolute atomic E-state index is 0.570. The lowest BCUT2D eigenvalue weighted by molar-refractivity contribution is 0.953. The van der Waals surface area contributed by atoms with Crippen molar-refractivity contribution in [3.05, 3.63) is 200 Å². The molecule has 11 aromatic rings. The molecule has 0 saturated heterocycles. The normalized spacial score (nSPS) is 11.6. The molecule has 0 aliphatic carbocycles. The Bertz CT molecular complexity index is 3220. The fourth-order valence-corrected chi connectivity index (χ4v) is 8.20. The summed E-state index contributed by atoms with van der Waals surface area (Å²) in [5, 5.41) is 4.68. The van der Waals surface area contributed by atoms with Gasteiger partial charge in [0.2, 0.25) is 5.95 Å². The van der Waals surface area contributed by atoms with E-state index in [0.29, 0.717) is 17.6 Å². The SMILES string of the molecule is c1ccc(-c2ccc(-c3nc(-c4ccccc4)nc(-n4c5ccccc5c5c4ccc4c6ccccc6n(-c6cccc(-c7ccccc7)c6)c45)n3)cc2)cc1. The summed E-state index contributed by atoms with van der Waals surface area (Å²) in [6.07, 6.45) is 0. The molecule has 3 aromatic heterocycles. The number of rotatable bonds is 6. The number of fused-ring (bicyclic) bond motifs is 7. The third-order valence-electron chi connectivity index (χ3n) is 10.8. The Morgan fingerprint density at radius 1 is 0.304 bits per heavy atom. The number of benzene rings is 8. The van der Waals surface area contributed by atoms with Crippen molar-refractivity contribution in [3.8, 4) is 56.7 Å². The average Bonchev–Trinajstić information content (AvgIpc) is 3.80. The maximum absolute atomic E-state index is 5.26. The Kier molecular flexibility index (Phi) is 7.42. The van der Waals surface area contributed by atoms with E-state index in [1.54, 1.807) is 0 Å². The van der Waals surface area contributed by atoms with Crippen molar-refractivity contribution in [1.29, 1.82) is 0 Å². The van der Waals surface area contributed by atoms with Gasteiger partial charge < -0.3 is 4.57 Å². The zero-order valence-electron chi connectivity index (χ0n) is 30.3. The van der Waals surface area contributed by atoms with Crippen molar-refractivity contribution < 1.29 is 0 Å². The second-order valence-corrected chi connectivity index (χ2v) is 14.1. The number of hydrogen-bond acceptors (Lipinski definition) is 3. The number of para-hydroxylation sites is 2. The van der Waals surface area contributed by atoms with Crippen LogP contribution in [-0.2, 0) is 0 Å². The largest absolute Gasteiger partial charge is 0.309 e. The zero-order valence-corrected chi connectivity index (χ0v) is 30.3. The summed E-state index contributed by atoms with van der Waals surface area (Å²) >= 11 is 0. The van der Waals surface area contributed by atoms with Gasteiger partial charge in [-0.1, -0.05) is 170 Å². The van der Waals surface area contributed by atoms with Gasteiger partial charge in [-0.15, -0.1) is 0 Å². The summed E-state index contributed by atoms with van der Waals surface area (Å²) in [5.41, 5.74) is 12.0. The zero-order chi connectivity index (χ0) is 37.0. The van der Waals surface area contributed by atoms with Crippen LogP contribution in [0, 0.1) is 0 Å². The lowest BCUT2D eigenvalue weighted by Crippen LogP contribution is -2.06. The number of nitrogens with zero attached hydrogens (tertiary/aromatic N) is 5. The monoisotopic (exact) mass is 715 g/mol. The summed E-state index contributed by atoms with van der Waals surface area (Å²) in [5.74, 6) is 1.81. The average molecular weight is 716 g/mol. The van der Waals surface area contributed by atoms with Gasteiger partial charge >= 0.3 is 0 Å². The van der Waals surface area contributed by atoms with Crippen molar-refractivity contribution in [3.63, 3.8) is 0 Å². The highest BCUT2D eigenvalue weighted by atomic mass is 15.2. The first kappa shape index (κ1) is 31.9. The van der Waals surface area contributed by atoms with E-state index in [9.17, 15) is 0 Å². The molecule has 0 aliphatic rings. The van der Waals surface area contributed by atoms with Crippen LogP contribution < -0.4 is 0 Å². The maximum atomic E-state index is 5.26. The van der Waals surface area contributed by atoms with Gasteiger partial charge in [-0.3, -0.25) is 4.57 Å². The Hall–Kier alpha value is -7.63. The molecule has 0 fully saturated rings. The first-order valence-corrected chi connectivity index (χ1v) is 18.9. The molecule has 0 bridgehead atoms. The predicted octanol–water partition coefficient (Wildman–Crippen LogP) is 12.7. The van der Waals surface area contributed by atoms with Gasteiger partial charge in [-0.05, 0) is 52.6 Å². The minimum Gasteiger partial charge on any atom is -0.309 e. The molecule has 0 saturated carbocycles. The Labute approximate surface area is 323 Å². The van der Waals surface area contributed by atoms with Crippen molar-refractivity contribution in [2.45, 2.75) is 0 Å². The molecule has 8 aromatic carbocycles. The van der Waals surface area contributed by atoms with Crippen LogP contribution in [0.3, 0.4) is 0 Å². The van der Waals surface area contributed by atoms with Crippen LogP contribution in [0.2, 0.25) is 0 Å². The van der Waals surface area contributed by atoms with E-state index in [-0.39, 0.29) is 0 Å². The standard InChI is InChI=1S/C51H33N5/c1-4-15-34(16-5-1)36-27-29-38(30-28-36)50-52-49(37-19-8-3-9-20-37)53-51(54-50)56-45-26-13-11-24-43(45)47-46(56)32-31-42-41-23-10-12-25-44(41)55(48(42)47)40-22-14-21-39(33-40)35-17-6-2-7-18-35/h1-33H. The van der Waals surface area contributed by atoms with Crippen LogP contribution in [0.25, 0.3) is 100 Å². The second-order valence-electron chi connectivity index (χ2n) is 14.1. The molecule has 0 aliphatic heterocycles. The lowest BCUT2D eigenvalue weighted by Gasteiger charge is -2.12. The van der Waals surface area contributed by atoms with Gasteiger partial charge in [0.15, 0.2) is 11.6 Å².